The molecule has 0 bridgehead atoms. The van der Waals surface area contributed by atoms with Gasteiger partial charge in [-0.1, -0.05) is 30.3 Å². The standard InChI is InChI=1S/C22H20N4O3/c1-22(17-10-9-14-6-4-7-15(14)11-17)20(28)26(21(29)25-22)13-19(27)24-18-8-3-2-5-16(18)12-23/h2-3,5,8-11H,4,6-7,13H2,1H3,(H,24,27)(H,25,29)/t22-/m0/s1. The van der Waals surface area contributed by atoms with Crippen molar-refractivity contribution in [1.29, 1.82) is 5.26 Å². The van der Waals surface area contributed by atoms with Crippen LogP contribution < -0.4 is 10.6 Å². The fraction of sp³-hybridized carbons (Fsp3) is 0.273. The molecular weight excluding hydrogens is 368 g/mol. The minimum absolute atomic E-state index is 0.307. The number of urea groups is 1. The molecule has 2 aromatic rings. The third-order valence-electron chi connectivity index (χ3n) is 5.57. The van der Waals surface area contributed by atoms with E-state index in [0.717, 1.165) is 24.2 Å². The summed E-state index contributed by atoms with van der Waals surface area (Å²) >= 11 is 0. The highest BCUT2D eigenvalue weighted by Crippen LogP contribution is 2.32. The zero-order chi connectivity index (χ0) is 20.6. The van der Waals surface area contributed by atoms with Crippen molar-refractivity contribution in [2.45, 2.75) is 31.7 Å². The topological polar surface area (TPSA) is 102 Å². The Morgan fingerprint density at radius 3 is 2.76 bits per heavy atom. The van der Waals surface area contributed by atoms with Crippen molar-refractivity contribution in [2.75, 3.05) is 11.9 Å². The first kappa shape index (κ1) is 18.7. The number of amides is 4. The van der Waals surface area contributed by atoms with E-state index < -0.39 is 29.9 Å². The Kier molecular flexibility index (Phi) is 4.55. The van der Waals surface area contributed by atoms with Gasteiger partial charge in [0.25, 0.3) is 5.91 Å². The minimum atomic E-state index is -1.21. The molecule has 1 atom stereocenters. The molecule has 4 rings (SSSR count). The molecular formula is C22H20N4O3. The quantitative estimate of drug-likeness (QED) is 0.786. The second-order valence-corrected chi connectivity index (χ2v) is 7.49. The summed E-state index contributed by atoms with van der Waals surface area (Å²) in [4.78, 5) is 38.9. The maximum atomic E-state index is 13.1. The van der Waals surface area contributed by atoms with E-state index >= 15 is 0 Å². The van der Waals surface area contributed by atoms with Crippen molar-refractivity contribution in [3.63, 3.8) is 0 Å². The number of hydrogen-bond acceptors (Lipinski definition) is 4. The summed E-state index contributed by atoms with van der Waals surface area (Å²) in [6, 6.07) is 13.8. The molecule has 2 aromatic carbocycles. The number of para-hydroxylation sites is 1. The van der Waals surface area contributed by atoms with Crippen LogP contribution in [0.15, 0.2) is 42.5 Å². The van der Waals surface area contributed by atoms with E-state index in [4.69, 9.17) is 5.26 Å². The number of nitrogens with zero attached hydrogens (tertiary/aromatic N) is 2. The van der Waals surface area contributed by atoms with Crippen molar-refractivity contribution >= 4 is 23.5 Å². The van der Waals surface area contributed by atoms with Crippen LogP contribution in [0.4, 0.5) is 10.5 Å². The summed E-state index contributed by atoms with van der Waals surface area (Å²) in [5, 5.41) is 14.5. The molecule has 1 fully saturated rings. The summed E-state index contributed by atoms with van der Waals surface area (Å²) in [5.41, 5.74) is 2.64. The number of nitriles is 1. The smallest absolute Gasteiger partial charge is 0.323 e. The lowest BCUT2D eigenvalue weighted by molar-refractivity contribution is -0.133. The highest BCUT2D eigenvalue weighted by Gasteiger charge is 2.49. The van der Waals surface area contributed by atoms with Gasteiger partial charge in [0.2, 0.25) is 5.91 Å². The van der Waals surface area contributed by atoms with E-state index in [1.807, 2.05) is 24.3 Å². The molecule has 1 saturated heterocycles. The SMILES string of the molecule is C[C@@]1(c2ccc3c(c2)CCC3)NC(=O)N(CC(=O)Nc2ccccc2C#N)C1=O. The minimum Gasteiger partial charge on any atom is -0.323 e. The lowest BCUT2D eigenvalue weighted by Gasteiger charge is -2.23. The van der Waals surface area contributed by atoms with E-state index in [-0.39, 0.29) is 0 Å². The summed E-state index contributed by atoms with van der Waals surface area (Å²) in [5.74, 6) is -1.02. The average molecular weight is 388 g/mol. The highest BCUT2D eigenvalue weighted by atomic mass is 16.2. The van der Waals surface area contributed by atoms with Gasteiger partial charge in [0.05, 0.1) is 11.3 Å². The molecule has 0 saturated carbocycles. The Bertz CT molecular complexity index is 1070. The number of hydrogen-bond donors (Lipinski definition) is 2. The third kappa shape index (κ3) is 3.23. The van der Waals surface area contributed by atoms with Gasteiger partial charge in [-0.15, -0.1) is 0 Å². The van der Waals surface area contributed by atoms with Gasteiger partial charge in [-0.25, -0.2) is 4.79 Å². The monoisotopic (exact) mass is 388 g/mol. The number of benzene rings is 2. The summed E-state index contributed by atoms with van der Waals surface area (Å²) in [6.45, 7) is 1.23. The van der Waals surface area contributed by atoms with Gasteiger partial charge in [0.1, 0.15) is 18.2 Å². The molecule has 7 nitrogen and oxygen atoms in total. The Morgan fingerprint density at radius 1 is 1.21 bits per heavy atom. The zero-order valence-electron chi connectivity index (χ0n) is 16.0. The lowest BCUT2D eigenvalue weighted by atomic mass is 9.89. The largest absolute Gasteiger partial charge is 0.325 e. The fourth-order valence-electron chi connectivity index (χ4n) is 3.94. The fourth-order valence-corrected chi connectivity index (χ4v) is 3.94. The molecule has 0 spiro atoms. The van der Waals surface area contributed by atoms with Crippen LogP contribution >= 0.6 is 0 Å². The summed E-state index contributed by atoms with van der Waals surface area (Å²) in [7, 11) is 0. The van der Waals surface area contributed by atoms with Crippen LogP contribution in [0.2, 0.25) is 0 Å². The Hall–Kier alpha value is -3.66. The molecule has 7 heteroatoms. The average Bonchev–Trinajstić information content (AvgIpc) is 3.27. The molecule has 0 unspecified atom stereocenters. The molecule has 2 N–H and O–H groups in total. The Morgan fingerprint density at radius 2 is 1.97 bits per heavy atom. The first-order valence-electron chi connectivity index (χ1n) is 9.48. The molecule has 2 aliphatic rings. The maximum absolute atomic E-state index is 13.1. The van der Waals surface area contributed by atoms with Gasteiger partial charge >= 0.3 is 6.03 Å². The van der Waals surface area contributed by atoms with E-state index in [9.17, 15) is 14.4 Å². The molecule has 0 radical (unpaired) electrons. The third-order valence-corrected chi connectivity index (χ3v) is 5.57. The lowest BCUT2D eigenvalue weighted by Crippen LogP contribution is -2.42. The second-order valence-electron chi connectivity index (χ2n) is 7.49. The number of nitrogens with one attached hydrogen (secondary N) is 2. The van der Waals surface area contributed by atoms with Crippen molar-refractivity contribution < 1.29 is 14.4 Å². The van der Waals surface area contributed by atoms with Gasteiger partial charge < -0.3 is 10.6 Å². The van der Waals surface area contributed by atoms with Gasteiger partial charge in [0.15, 0.2) is 0 Å². The number of aryl methyl sites for hydroxylation is 2. The van der Waals surface area contributed by atoms with Gasteiger partial charge in [0, 0.05) is 0 Å². The van der Waals surface area contributed by atoms with E-state index in [0.29, 0.717) is 16.8 Å². The number of carbonyl (C=O) groups is 3. The van der Waals surface area contributed by atoms with Crippen LogP contribution in [0.5, 0.6) is 0 Å². The molecule has 4 amide bonds. The van der Waals surface area contributed by atoms with Crippen molar-refractivity contribution in [1.82, 2.24) is 10.2 Å². The van der Waals surface area contributed by atoms with Gasteiger partial charge in [-0.05, 0) is 55.0 Å². The maximum Gasteiger partial charge on any atom is 0.325 e. The van der Waals surface area contributed by atoms with Crippen molar-refractivity contribution in [3.8, 4) is 6.07 Å². The van der Waals surface area contributed by atoms with Crippen LogP contribution in [0.1, 0.15) is 35.6 Å². The van der Waals surface area contributed by atoms with Gasteiger partial charge in [-0.2, -0.15) is 5.26 Å². The number of fused-ring (bicyclic) bond motifs is 1. The molecule has 146 valence electrons. The van der Waals surface area contributed by atoms with Crippen LogP contribution in [-0.4, -0.2) is 29.3 Å². The molecule has 1 aliphatic heterocycles. The van der Waals surface area contributed by atoms with Crippen molar-refractivity contribution in [3.05, 3.63) is 64.7 Å². The van der Waals surface area contributed by atoms with Crippen molar-refractivity contribution in [2.24, 2.45) is 0 Å². The Labute approximate surface area is 168 Å². The first-order valence-corrected chi connectivity index (χ1v) is 9.48. The predicted molar refractivity (Wildman–Crippen MR) is 106 cm³/mol. The highest BCUT2D eigenvalue weighted by molar-refractivity contribution is 6.10. The second kappa shape index (κ2) is 7.06. The molecule has 1 heterocycles. The predicted octanol–water partition coefficient (Wildman–Crippen LogP) is 2.45. The van der Waals surface area contributed by atoms with Crippen LogP contribution in [-0.2, 0) is 28.0 Å². The first-order chi connectivity index (χ1) is 13.9. The van der Waals surface area contributed by atoms with Crippen LogP contribution in [0, 0.1) is 11.3 Å². The molecule has 29 heavy (non-hydrogen) atoms. The number of rotatable bonds is 4. The number of imide groups is 1. The Balaban J connectivity index is 1.52. The molecule has 0 aromatic heterocycles. The number of carbonyl (C=O) groups excluding carboxylic acids is 3. The summed E-state index contributed by atoms with van der Waals surface area (Å²) < 4.78 is 0. The van der Waals surface area contributed by atoms with Gasteiger partial charge in [-0.3, -0.25) is 14.5 Å². The summed E-state index contributed by atoms with van der Waals surface area (Å²) in [6.07, 6.45) is 3.08. The molecule has 1 aliphatic carbocycles. The van der Waals surface area contributed by atoms with Crippen LogP contribution in [0.25, 0.3) is 0 Å². The van der Waals surface area contributed by atoms with E-state index in [1.165, 1.54) is 11.1 Å². The normalized spacial score (nSPS) is 20.2. The zero-order valence-corrected chi connectivity index (χ0v) is 16.0. The number of anilines is 1. The van der Waals surface area contributed by atoms with Crippen LogP contribution in [0.3, 0.4) is 0 Å². The van der Waals surface area contributed by atoms with E-state index in [2.05, 4.69) is 10.6 Å². The van der Waals surface area contributed by atoms with E-state index in [1.54, 1.807) is 31.2 Å².